The average Bonchev–Trinajstić information content (AvgIpc) is 2.65. The van der Waals surface area contributed by atoms with Crippen LogP contribution in [0.5, 0.6) is 11.5 Å². The highest BCUT2D eigenvalue weighted by Gasteiger charge is 2.21. The van der Waals surface area contributed by atoms with E-state index in [0.29, 0.717) is 6.79 Å². The van der Waals surface area contributed by atoms with Gasteiger partial charge in [0.15, 0.2) is 11.5 Å². The standard InChI is InChI=1S/C10H11NO2/c1-2-9-10(13-6-12-9)8-3-4-11-5-7(1)8/h1-2,11H,3-6H2. The lowest BCUT2D eigenvalue weighted by Gasteiger charge is -2.18. The Morgan fingerprint density at radius 3 is 3.23 bits per heavy atom. The van der Waals surface area contributed by atoms with E-state index in [-0.39, 0.29) is 0 Å². The lowest BCUT2D eigenvalue weighted by atomic mass is 10.00. The molecule has 1 N–H and O–H groups in total. The van der Waals surface area contributed by atoms with Gasteiger partial charge >= 0.3 is 0 Å². The molecular formula is C10H11NO2. The molecule has 1 aromatic rings. The minimum atomic E-state index is 0.374. The Balaban J connectivity index is 2.17. The first-order valence-electron chi connectivity index (χ1n) is 4.56. The van der Waals surface area contributed by atoms with E-state index < -0.39 is 0 Å². The molecule has 0 aliphatic carbocycles. The fraction of sp³-hybridized carbons (Fsp3) is 0.400. The molecule has 13 heavy (non-hydrogen) atoms. The van der Waals surface area contributed by atoms with E-state index in [0.717, 1.165) is 31.0 Å². The highest BCUT2D eigenvalue weighted by Crippen LogP contribution is 2.38. The summed E-state index contributed by atoms with van der Waals surface area (Å²) in [7, 11) is 0. The van der Waals surface area contributed by atoms with Crippen LogP contribution in [0.3, 0.4) is 0 Å². The number of hydrogen-bond acceptors (Lipinski definition) is 3. The lowest BCUT2D eigenvalue weighted by molar-refractivity contribution is 0.173. The van der Waals surface area contributed by atoms with Gasteiger partial charge in [0.2, 0.25) is 6.79 Å². The van der Waals surface area contributed by atoms with Gasteiger partial charge in [0.25, 0.3) is 0 Å². The van der Waals surface area contributed by atoms with E-state index in [4.69, 9.17) is 9.47 Å². The average molecular weight is 177 g/mol. The molecule has 0 bridgehead atoms. The summed E-state index contributed by atoms with van der Waals surface area (Å²) in [5.41, 5.74) is 2.67. The molecule has 0 radical (unpaired) electrons. The van der Waals surface area contributed by atoms with Crippen molar-refractivity contribution in [2.45, 2.75) is 13.0 Å². The molecule has 3 nitrogen and oxygen atoms in total. The van der Waals surface area contributed by atoms with Crippen molar-refractivity contribution < 1.29 is 9.47 Å². The largest absolute Gasteiger partial charge is 0.454 e. The molecule has 2 aliphatic rings. The topological polar surface area (TPSA) is 30.5 Å². The van der Waals surface area contributed by atoms with Crippen LogP contribution in [0.4, 0.5) is 0 Å². The molecule has 1 aromatic carbocycles. The van der Waals surface area contributed by atoms with Gasteiger partial charge in [0.05, 0.1) is 0 Å². The molecule has 3 rings (SSSR count). The minimum absolute atomic E-state index is 0.374. The van der Waals surface area contributed by atoms with E-state index in [1.807, 2.05) is 6.07 Å². The molecule has 0 unspecified atom stereocenters. The normalized spacial score (nSPS) is 18.5. The molecule has 0 amide bonds. The summed E-state index contributed by atoms with van der Waals surface area (Å²) < 4.78 is 10.8. The summed E-state index contributed by atoms with van der Waals surface area (Å²) in [5.74, 6) is 1.87. The van der Waals surface area contributed by atoms with E-state index in [1.54, 1.807) is 0 Å². The van der Waals surface area contributed by atoms with Crippen LogP contribution in [0, 0.1) is 0 Å². The molecule has 0 spiro atoms. The number of rotatable bonds is 0. The highest BCUT2D eigenvalue weighted by atomic mass is 16.7. The number of fused-ring (bicyclic) bond motifs is 3. The van der Waals surface area contributed by atoms with Gasteiger partial charge in [-0.2, -0.15) is 0 Å². The van der Waals surface area contributed by atoms with Crippen LogP contribution in [0.15, 0.2) is 12.1 Å². The van der Waals surface area contributed by atoms with Crippen LogP contribution in [0.25, 0.3) is 0 Å². The summed E-state index contributed by atoms with van der Waals surface area (Å²) in [6.07, 6.45) is 1.04. The third-order valence-electron chi connectivity index (χ3n) is 2.61. The van der Waals surface area contributed by atoms with Gasteiger partial charge in [-0.3, -0.25) is 0 Å². The first kappa shape index (κ1) is 7.21. The second-order valence-corrected chi connectivity index (χ2v) is 3.36. The molecule has 2 heterocycles. The Labute approximate surface area is 76.7 Å². The van der Waals surface area contributed by atoms with E-state index in [9.17, 15) is 0 Å². The third kappa shape index (κ3) is 1.00. The van der Waals surface area contributed by atoms with Gasteiger partial charge in [-0.25, -0.2) is 0 Å². The predicted octanol–water partition coefficient (Wildman–Crippen LogP) is 1.06. The maximum absolute atomic E-state index is 5.45. The summed E-state index contributed by atoms with van der Waals surface area (Å²) in [6, 6.07) is 4.11. The molecule has 2 aliphatic heterocycles. The van der Waals surface area contributed by atoms with Gasteiger partial charge in [-0.15, -0.1) is 0 Å². The number of nitrogens with one attached hydrogen (secondary N) is 1. The van der Waals surface area contributed by atoms with Crippen molar-refractivity contribution in [1.82, 2.24) is 5.32 Å². The van der Waals surface area contributed by atoms with Gasteiger partial charge < -0.3 is 14.8 Å². The van der Waals surface area contributed by atoms with Crippen LogP contribution < -0.4 is 14.8 Å². The molecule has 3 heteroatoms. The quantitative estimate of drug-likeness (QED) is 0.642. The lowest BCUT2D eigenvalue weighted by Crippen LogP contribution is -2.23. The molecule has 0 atom stereocenters. The fourth-order valence-corrected chi connectivity index (χ4v) is 1.95. The molecule has 0 saturated heterocycles. The van der Waals surface area contributed by atoms with Gasteiger partial charge in [0.1, 0.15) is 0 Å². The maximum Gasteiger partial charge on any atom is 0.231 e. The Hall–Kier alpha value is -1.22. The zero-order valence-electron chi connectivity index (χ0n) is 7.30. The Morgan fingerprint density at radius 1 is 1.23 bits per heavy atom. The first-order valence-corrected chi connectivity index (χ1v) is 4.56. The van der Waals surface area contributed by atoms with Crippen LogP contribution in [-0.2, 0) is 13.0 Å². The molecule has 0 saturated carbocycles. The Bertz CT molecular complexity index is 349. The number of benzene rings is 1. The molecular weight excluding hydrogens is 166 g/mol. The zero-order chi connectivity index (χ0) is 8.67. The molecule has 0 aromatic heterocycles. The highest BCUT2D eigenvalue weighted by molar-refractivity contribution is 5.52. The summed E-state index contributed by atoms with van der Waals surface area (Å²) in [4.78, 5) is 0. The van der Waals surface area contributed by atoms with Crippen LogP contribution in [-0.4, -0.2) is 13.3 Å². The van der Waals surface area contributed by atoms with Gasteiger partial charge in [-0.05, 0) is 24.6 Å². The summed E-state index contributed by atoms with van der Waals surface area (Å²) in [6.45, 7) is 2.36. The summed E-state index contributed by atoms with van der Waals surface area (Å²) in [5, 5.41) is 3.34. The second-order valence-electron chi connectivity index (χ2n) is 3.36. The maximum atomic E-state index is 5.45. The Morgan fingerprint density at radius 2 is 2.23 bits per heavy atom. The molecule has 68 valence electrons. The van der Waals surface area contributed by atoms with Crippen molar-refractivity contribution in [3.63, 3.8) is 0 Å². The SMILES string of the molecule is c1cc2c(c3c1CNCC3)OCO2. The molecule has 0 fully saturated rings. The van der Waals surface area contributed by atoms with Crippen molar-refractivity contribution in [2.75, 3.05) is 13.3 Å². The van der Waals surface area contributed by atoms with Gasteiger partial charge in [-0.1, -0.05) is 6.07 Å². The van der Waals surface area contributed by atoms with Crippen LogP contribution in [0.1, 0.15) is 11.1 Å². The Kier molecular flexibility index (Phi) is 1.46. The minimum Gasteiger partial charge on any atom is -0.454 e. The fourth-order valence-electron chi connectivity index (χ4n) is 1.95. The second kappa shape index (κ2) is 2.64. The smallest absolute Gasteiger partial charge is 0.231 e. The van der Waals surface area contributed by atoms with Crippen molar-refractivity contribution in [2.24, 2.45) is 0 Å². The van der Waals surface area contributed by atoms with Crippen molar-refractivity contribution in [3.05, 3.63) is 23.3 Å². The van der Waals surface area contributed by atoms with Gasteiger partial charge in [0, 0.05) is 12.1 Å². The summed E-state index contributed by atoms with van der Waals surface area (Å²) >= 11 is 0. The first-order chi connectivity index (χ1) is 6.45. The van der Waals surface area contributed by atoms with Crippen molar-refractivity contribution >= 4 is 0 Å². The zero-order valence-corrected chi connectivity index (χ0v) is 7.30. The van der Waals surface area contributed by atoms with Crippen LogP contribution in [0.2, 0.25) is 0 Å². The van der Waals surface area contributed by atoms with Crippen molar-refractivity contribution in [3.8, 4) is 11.5 Å². The third-order valence-corrected chi connectivity index (χ3v) is 2.61. The van der Waals surface area contributed by atoms with E-state index >= 15 is 0 Å². The number of ether oxygens (including phenoxy) is 2. The van der Waals surface area contributed by atoms with E-state index in [1.165, 1.54) is 11.1 Å². The predicted molar refractivity (Wildman–Crippen MR) is 48.0 cm³/mol. The van der Waals surface area contributed by atoms with Crippen LogP contribution >= 0.6 is 0 Å². The van der Waals surface area contributed by atoms with Crippen molar-refractivity contribution in [1.29, 1.82) is 0 Å². The number of hydrogen-bond donors (Lipinski definition) is 1. The van der Waals surface area contributed by atoms with E-state index in [2.05, 4.69) is 11.4 Å². The monoisotopic (exact) mass is 177 g/mol.